The Morgan fingerprint density at radius 2 is 1.68 bits per heavy atom. The lowest BCUT2D eigenvalue weighted by molar-refractivity contribution is 0.0987. The van der Waals surface area contributed by atoms with E-state index < -0.39 is 0 Å². The summed E-state index contributed by atoms with van der Waals surface area (Å²) in [5, 5.41) is 0.651. The molecule has 0 radical (unpaired) electrons. The van der Waals surface area contributed by atoms with Gasteiger partial charge in [0.15, 0.2) is 5.75 Å². The standard InChI is InChI=1S/C22H17Cl2NO2S/c23-17-12-16(13-18(24)21(17)27-14-15-6-2-1-3-7-15)22(26)25-10-11-28-20-9-5-4-8-19(20)25/h1-9,12-13H,10-11,14H2. The third kappa shape index (κ3) is 4.00. The molecule has 0 fully saturated rings. The average Bonchev–Trinajstić information content (AvgIpc) is 2.73. The van der Waals surface area contributed by atoms with Crippen molar-refractivity contribution < 1.29 is 9.53 Å². The minimum Gasteiger partial charge on any atom is -0.486 e. The molecule has 0 aliphatic carbocycles. The molecule has 0 unspecified atom stereocenters. The predicted molar refractivity (Wildman–Crippen MR) is 116 cm³/mol. The van der Waals surface area contributed by atoms with Gasteiger partial charge in [-0.15, -0.1) is 11.8 Å². The summed E-state index contributed by atoms with van der Waals surface area (Å²) in [5.74, 6) is 1.12. The van der Waals surface area contributed by atoms with Crippen LogP contribution in [0.15, 0.2) is 71.6 Å². The summed E-state index contributed by atoms with van der Waals surface area (Å²) < 4.78 is 5.80. The lowest BCUT2D eigenvalue weighted by atomic mass is 10.1. The molecule has 0 N–H and O–H groups in total. The van der Waals surface area contributed by atoms with E-state index in [0.29, 0.717) is 34.5 Å². The Kier molecular flexibility index (Phi) is 5.81. The number of benzene rings is 3. The van der Waals surface area contributed by atoms with Gasteiger partial charge in [0.25, 0.3) is 5.91 Å². The number of halogens is 2. The second-order valence-corrected chi connectivity index (χ2v) is 8.27. The highest BCUT2D eigenvalue weighted by atomic mass is 35.5. The first-order valence-corrected chi connectivity index (χ1v) is 10.6. The van der Waals surface area contributed by atoms with E-state index in [2.05, 4.69) is 0 Å². The topological polar surface area (TPSA) is 29.5 Å². The summed E-state index contributed by atoms with van der Waals surface area (Å²) in [6, 6.07) is 20.9. The van der Waals surface area contributed by atoms with Crippen molar-refractivity contribution in [1.29, 1.82) is 0 Å². The molecule has 1 aliphatic heterocycles. The highest BCUT2D eigenvalue weighted by molar-refractivity contribution is 7.99. The maximum absolute atomic E-state index is 13.1. The van der Waals surface area contributed by atoms with Crippen molar-refractivity contribution in [2.24, 2.45) is 0 Å². The van der Waals surface area contributed by atoms with Gasteiger partial charge in [-0.3, -0.25) is 4.79 Å². The number of carbonyl (C=O) groups excluding carboxylic acids is 1. The van der Waals surface area contributed by atoms with Gasteiger partial charge in [0.05, 0.1) is 15.7 Å². The predicted octanol–water partition coefficient (Wildman–Crippen LogP) is 6.32. The van der Waals surface area contributed by atoms with E-state index in [1.165, 1.54) is 0 Å². The number of carbonyl (C=O) groups is 1. The number of rotatable bonds is 4. The summed E-state index contributed by atoms with van der Waals surface area (Å²) in [6.07, 6.45) is 0. The van der Waals surface area contributed by atoms with Gasteiger partial charge in [0.2, 0.25) is 0 Å². The molecular weight excluding hydrogens is 413 g/mol. The van der Waals surface area contributed by atoms with Gasteiger partial charge >= 0.3 is 0 Å². The monoisotopic (exact) mass is 429 g/mol. The number of amides is 1. The van der Waals surface area contributed by atoms with Crippen LogP contribution in [-0.2, 0) is 6.61 Å². The van der Waals surface area contributed by atoms with Gasteiger partial charge < -0.3 is 9.64 Å². The molecular formula is C22H17Cl2NO2S. The number of nitrogens with zero attached hydrogens (tertiary/aromatic N) is 1. The van der Waals surface area contributed by atoms with Gasteiger partial charge in [-0.05, 0) is 29.8 Å². The third-order valence-electron chi connectivity index (χ3n) is 4.44. The molecule has 1 heterocycles. The van der Waals surface area contributed by atoms with Crippen molar-refractivity contribution in [3.8, 4) is 5.75 Å². The number of para-hydroxylation sites is 1. The van der Waals surface area contributed by atoms with Crippen LogP contribution in [0.1, 0.15) is 15.9 Å². The second-order valence-electron chi connectivity index (χ2n) is 6.32. The maximum Gasteiger partial charge on any atom is 0.258 e. The SMILES string of the molecule is O=C(c1cc(Cl)c(OCc2ccccc2)c(Cl)c1)N1CCSc2ccccc21. The van der Waals surface area contributed by atoms with Crippen molar-refractivity contribution in [3.63, 3.8) is 0 Å². The van der Waals surface area contributed by atoms with Crippen molar-refractivity contribution in [1.82, 2.24) is 0 Å². The van der Waals surface area contributed by atoms with E-state index >= 15 is 0 Å². The molecule has 3 aromatic rings. The van der Waals surface area contributed by atoms with Crippen LogP contribution in [0.3, 0.4) is 0 Å². The van der Waals surface area contributed by atoms with Gasteiger partial charge in [-0.25, -0.2) is 0 Å². The highest BCUT2D eigenvalue weighted by Gasteiger charge is 2.25. The zero-order chi connectivity index (χ0) is 19.5. The number of ether oxygens (including phenoxy) is 1. The molecule has 0 atom stereocenters. The van der Waals surface area contributed by atoms with Crippen LogP contribution in [0.4, 0.5) is 5.69 Å². The molecule has 3 nitrogen and oxygen atoms in total. The number of hydrogen-bond donors (Lipinski definition) is 0. The van der Waals surface area contributed by atoms with Gasteiger partial charge in [-0.1, -0.05) is 65.7 Å². The summed E-state index contributed by atoms with van der Waals surface area (Å²) in [6.45, 7) is 0.992. The Bertz CT molecular complexity index is 987. The molecule has 0 bridgehead atoms. The van der Waals surface area contributed by atoms with Gasteiger partial charge in [0, 0.05) is 22.8 Å². The number of hydrogen-bond acceptors (Lipinski definition) is 3. The van der Waals surface area contributed by atoms with E-state index in [4.69, 9.17) is 27.9 Å². The fourth-order valence-corrected chi connectivity index (χ4v) is 4.68. The minimum atomic E-state index is -0.119. The molecule has 0 aromatic heterocycles. The van der Waals surface area contributed by atoms with E-state index in [-0.39, 0.29) is 5.91 Å². The van der Waals surface area contributed by atoms with Crippen LogP contribution in [-0.4, -0.2) is 18.2 Å². The Morgan fingerprint density at radius 1 is 1.00 bits per heavy atom. The number of thioether (sulfide) groups is 1. The van der Waals surface area contributed by atoms with Crippen molar-refractivity contribution in [2.45, 2.75) is 11.5 Å². The molecule has 4 rings (SSSR count). The van der Waals surface area contributed by atoms with Crippen LogP contribution < -0.4 is 9.64 Å². The molecule has 6 heteroatoms. The molecule has 0 spiro atoms. The maximum atomic E-state index is 13.1. The zero-order valence-corrected chi connectivity index (χ0v) is 17.2. The Morgan fingerprint density at radius 3 is 2.43 bits per heavy atom. The number of fused-ring (bicyclic) bond motifs is 1. The van der Waals surface area contributed by atoms with E-state index in [0.717, 1.165) is 21.9 Å². The Labute approximate surface area is 178 Å². The first kappa shape index (κ1) is 19.2. The fourth-order valence-electron chi connectivity index (χ4n) is 3.09. The van der Waals surface area contributed by atoms with Gasteiger partial charge in [0.1, 0.15) is 6.61 Å². The molecule has 28 heavy (non-hydrogen) atoms. The zero-order valence-electron chi connectivity index (χ0n) is 14.9. The third-order valence-corrected chi connectivity index (χ3v) is 6.05. The molecule has 3 aromatic carbocycles. The minimum absolute atomic E-state index is 0.119. The van der Waals surface area contributed by atoms with Gasteiger partial charge in [-0.2, -0.15) is 0 Å². The first-order chi connectivity index (χ1) is 13.6. The lowest BCUT2D eigenvalue weighted by Crippen LogP contribution is -2.35. The number of anilines is 1. The van der Waals surface area contributed by atoms with Crippen LogP contribution in [0.25, 0.3) is 0 Å². The summed E-state index contributed by atoms with van der Waals surface area (Å²) in [7, 11) is 0. The Hall–Kier alpha value is -2.14. The van der Waals surface area contributed by atoms with Crippen molar-refractivity contribution in [2.75, 3.05) is 17.2 Å². The molecule has 0 saturated carbocycles. The van der Waals surface area contributed by atoms with Crippen molar-refractivity contribution >= 4 is 46.6 Å². The van der Waals surface area contributed by atoms with Crippen LogP contribution in [0.2, 0.25) is 10.0 Å². The average molecular weight is 430 g/mol. The van der Waals surface area contributed by atoms with Crippen LogP contribution in [0, 0.1) is 0 Å². The summed E-state index contributed by atoms with van der Waals surface area (Å²) in [5.41, 5.74) is 2.38. The summed E-state index contributed by atoms with van der Waals surface area (Å²) >= 11 is 14.6. The second kappa shape index (κ2) is 8.48. The smallest absolute Gasteiger partial charge is 0.258 e. The van der Waals surface area contributed by atoms with Crippen LogP contribution >= 0.6 is 35.0 Å². The first-order valence-electron chi connectivity index (χ1n) is 8.83. The van der Waals surface area contributed by atoms with E-state index in [9.17, 15) is 4.79 Å². The highest BCUT2D eigenvalue weighted by Crippen LogP contribution is 2.38. The summed E-state index contributed by atoms with van der Waals surface area (Å²) in [4.78, 5) is 16.0. The largest absolute Gasteiger partial charge is 0.486 e. The Balaban J connectivity index is 1.57. The quantitative estimate of drug-likeness (QED) is 0.485. The van der Waals surface area contributed by atoms with Crippen LogP contribution in [0.5, 0.6) is 5.75 Å². The van der Waals surface area contributed by atoms with Crippen molar-refractivity contribution in [3.05, 3.63) is 87.9 Å². The normalized spacial score (nSPS) is 13.1. The molecule has 142 valence electrons. The fraction of sp³-hybridized carbons (Fsp3) is 0.136. The molecule has 1 amide bonds. The van der Waals surface area contributed by atoms with E-state index in [1.807, 2.05) is 54.6 Å². The lowest BCUT2D eigenvalue weighted by Gasteiger charge is -2.29. The molecule has 1 aliphatic rings. The molecule has 0 saturated heterocycles. The van der Waals surface area contributed by atoms with E-state index in [1.54, 1.807) is 28.8 Å².